The fourth-order valence-corrected chi connectivity index (χ4v) is 3.23. The van der Waals surface area contributed by atoms with Crippen LogP contribution < -0.4 is 0 Å². The van der Waals surface area contributed by atoms with Crippen molar-refractivity contribution >= 4 is 5.91 Å². The summed E-state index contributed by atoms with van der Waals surface area (Å²) in [6.07, 6.45) is -0.132. The predicted octanol–water partition coefficient (Wildman–Crippen LogP) is 3.77. The van der Waals surface area contributed by atoms with E-state index in [0.717, 1.165) is 24.2 Å². The Kier molecular flexibility index (Phi) is 5.75. The highest BCUT2D eigenvalue weighted by molar-refractivity contribution is 5.77. The maximum absolute atomic E-state index is 12.7. The maximum Gasteiger partial charge on any atom is 0.406 e. The van der Waals surface area contributed by atoms with E-state index in [1.807, 2.05) is 0 Å². The number of amides is 1. The number of carbonyl (C=O) groups is 1. The van der Waals surface area contributed by atoms with Crippen molar-refractivity contribution in [2.24, 2.45) is 11.8 Å². The zero-order valence-corrected chi connectivity index (χ0v) is 13.4. The van der Waals surface area contributed by atoms with Crippen LogP contribution in [0.1, 0.15) is 52.4 Å². The Labute approximate surface area is 130 Å². The van der Waals surface area contributed by atoms with Crippen molar-refractivity contribution in [3.63, 3.8) is 0 Å². The molecule has 0 aromatic heterocycles. The first-order valence-corrected chi connectivity index (χ1v) is 8.24. The van der Waals surface area contributed by atoms with E-state index in [1.165, 1.54) is 0 Å². The minimum Gasteiger partial charge on any atom is -0.378 e. The van der Waals surface area contributed by atoms with E-state index in [1.54, 1.807) is 0 Å². The molecule has 0 spiro atoms. The number of rotatable bonds is 5. The third kappa shape index (κ3) is 4.86. The second kappa shape index (κ2) is 7.20. The minimum atomic E-state index is -4.32. The lowest BCUT2D eigenvalue weighted by Gasteiger charge is -2.39. The van der Waals surface area contributed by atoms with Gasteiger partial charge in [0.05, 0.1) is 6.10 Å². The van der Waals surface area contributed by atoms with Crippen LogP contribution in [-0.2, 0) is 9.53 Å². The number of hydrogen-bond donors (Lipinski definition) is 0. The van der Waals surface area contributed by atoms with Crippen LogP contribution in [0.2, 0.25) is 0 Å². The molecule has 3 nitrogen and oxygen atoms in total. The molecule has 22 heavy (non-hydrogen) atoms. The summed E-state index contributed by atoms with van der Waals surface area (Å²) in [4.78, 5) is 13.5. The summed E-state index contributed by atoms with van der Waals surface area (Å²) in [5.74, 6) is 0.178. The standard InChI is InChI=1S/C16H26F3NO2/c1-11(2)14-8-12(6-7-22-14)9-15(21)20(10-16(17,18)19)13-4-3-5-13/h11-14H,3-10H2,1-2H3/t12-,14-/m1/s1. The normalized spacial score (nSPS) is 26.8. The molecule has 2 aliphatic rings. The molecule has 1 saturated heterocycles. The van der Waals surface area contributed by atoms with Crippen LogP contribution in [0.5, 0.6) is 0 Å². The van der Waals surface area contributed by atoms with Gasteiger partial charge in [-0.3, -0.25) is 4.79 Å². The first-order valence-electron chi connectivity index (χ1n) is 8.24. The summed E-state index contributed by atoms with van der Waals surface area (Å²) in [5, 5.41) is 0. The topological polar surface area (TPSA) is 29.5 Å². The van der Waals surface area contributed by atoms with Crippen LogP contribution in [-0.4, -0.2) is 42.3 Å². The van der Waals surface area contributed by atoms with Crippen LogP contribution in [0.15, 0.2) is 0 Å². The van der Waals surface area contributed by atoms with E-state index in [4.69, 9.17) is 4.74 Å². The van der Waals surface area contributed by atoms with Gasteiger partial charge in [-0.1, -0.05) is 13.8 Å². The first-order chi connectivity index (χ1) is 10.3. The van der Waals surface area contributed by atoms with Gasteiger partial charge in [-0.15, -0.1) is 0 Å². The van der Waals surface area contributed by atoms with Crippen LogP contribution in [0.25, 0.3) is 0 Å². The molecule has 1 heterocycles. The summed E-state index contributed by atoms with van der Waals surface area (Å²) < 4.78 is 43.8. The molecule has 0 bridgehead atoms. The molecule has 2 fully saturated rings. The van der Waals surface area contributed by atoms with Gasteiger partial charge >= 0.3 is 6.18 Å². The highest BCUT2D eigenvalue weighted by Gasteiger charge is 2.39. The lowest BCUT2D eigenvalue weighted by molar-refractivity contribution is -0.170. The number of carbonyl (C=O) groups excluding carboxylic acids is 1. The van der Waals surface area contributed by atoms with Crippen LogP contribution >= 0.6 is 0 Å². The first kappa shape index (κ1) is 17.6. The lowest BCUT2D eigenvalue weighted by Crippen LogP contribution is -2.49. The Hall–Kier alpha value is -0.780. The van der Waals surface area contributed by atoms with Crippen LogP contribution in [0.3, 0.4) is 0 Å². The van der Waals surface area contributed by atoms with Gasteiger partial charge in [0.25, 0.3) is 0 Å². The van der Waals surface area contributed by atoms with E-state index >= 15 is 0 Å². The molecule has 1 aliphatic heterocycles. The summed E-state index contributed by atoms with van der Waals surface area (Å²) in [6.45, 7) is 3.63. The zero-order chi connectivity index (χ0) is 16.3. The average molecular weight is 321 g/mol. The molecule has 0 aromatic rings. The predicted molar refractivity (Wildman–Crippen MR) is 77.3 cm³/mol. The molecular weight excluding hydrogens is 295 g/mol. The van der Waals surface area contributed by atoms with Crippen molar-refractivity contribution in [2.45, 2.75) is 70.7 Å². The molecule has 0 unspecified atom stereocenters. The fourth-order valence-electron chi connectivity index (χ4n) is 3.23. The molecule has 1 aliphatic carbocycles. The maximum atomic E-state index is 12.7. The molecule has 0 aromatic carbocycles. The van der Waals surface area contributed by atoms with Crippen molar-refractivity contribution in [3.8, 4) is 0 Å². The third-order valence-corrected chi connectivity index (χ3v) is 4.82. The number of ether oxygens (including phenoxy) is 1. The third-order valence-electron chi connectivity index (χ3n) is 4.82. The molecule has 2 rings (SSSR count). The fraction of sp³-hybridized carbons (Fsp3) is 0.938. The van der Waals surface area contributed by atoms with Crippen molar-refractivity contribution < 1.29 is 22.7 Å². The Morgan fingerprint density at radius 2 is 1.95 bits per heavy atom. The quantitative estimate of drug-likeness (QED) is 0.771. The van der Waals surface area contributed by atoms with Gasteiger partial charge in [0.2, 0.25) is 5.91 Å². The van der Waals surface area contributed by atoms with Gasteiger partial charge in [-0.2, -0.15) is 13.2 Å². The van der Waals surface area contributed by atoms with E-state index in [0.29, 0.717) is 25.4 Å². The molecule has 0 N–H and O–H groups in total. The van der Waals surface area contributed by atoms with Gasteiger partial charge in [-0.25, -0.2) is 0 Å². The van der Waals surface area contributed by atoms with Crippen LogP contribution in [0.4, 0.5) is 13.2 Å². The van der Waals surface area contributed by atoms with E-state index in [-0.39, 0.29) is 30.4 Å². The molecule has 2 atom stereocenters. The van der Waals surface area contributed by atoms with Crippen molar-refractivity contribution in [2.75, 3.05) is 13.2 Å². The zero-order valence-electron chi connectivity index (χ0n) is 13.4. The van der Waals surface area contributed by atoms with Gasteiger partial charge in [0.15, 0.2) is 0 Å². The number of nitrogens with zero attached hydrogens (tertiary/aromatic N) is 1. The largest absolute Gasteiger partial charge is 0.406 e. The molecule has 6 heteroatoms. The highest BCUT2D eigenvalue weighted by Crippen LogP contribution is 2.32. The van der Waals surface area contributed by atoms with Crippen molar-refractivity contribution in [1.29, 1.82) is 0 Å². The highest BCUT2D eigenvalue weighted by atomic mass is 19.4. The Bertz CT molecular complexity index is 380. The molecule has 128 valence electrons. The molecule has 1 saturated carbocycles. The number of hydrogen-bond acceptors (Lipinski definition) is 2. The van der Waals surface area contributed by atoms with Crippen molar-refractivity contribution in [3.05, 3.63) is 0 Å². The molecule has 0 radical (unpaired) electrons. The van der Waals surface area contributed by atoms with Gasteiger partial charge in [0.1, 0.15) is 6.54 Å². The Morgan fingerprint density at radius 1 is 1.27 bits per heavy atom. The summed E-state index contributed by atoms with van der Waals surface area (Å²) in [5.41, 5.74) is 0. The lowest BCUT2D eigenvalue weighted by atomic mass is 9.86. The van der Waals surface area contributed by atoms with E-state index in [2.05, 4.69) is 13.8 Å². The smallest absolute Gasteiger partial charge is 0.378 e. The minimum absolute atomic E-state index is 0.117. The summed E-state index contributed by atoms with van der Waals surface area (Å²) in [6, 6.07) is -0.213. The molecular formula is C16H26F3NO2. The Balaban J connectivity index is 1.92. The van der Waals surface area contributed by atoms with E-state index in [9.17, 15) is 18.0 Å². The number of halogens is 3. The van der Waals surface area contributed by atoms with Crippen LogP contribution in [0, 0.1) is 11.8 Å². The average Bonchev–Trinajstić information content (AvgIpc) is 2.34. The second-order valence-electron chi connectivity index (χ2n) is 6.97. The summed E-state index contributed by atoms with van der Waals surface area (Å²) >= 11 is 0. The number of alkyl halides is 3. The second-order valence-corrected chi connectivity index (χ2v) is 6.97. The van der Waals surface area contributed by atoms with Gasteiger partial charge < -0.3 is 9.64 Å². The molecule has 1 amide bonds. The van der Waals surface area contributed by atoms with Crippen molar-refractivity contribution in [1.82, 2.24) is 4.90 Å². The SMILES string of the molecule is CC(C)[C@H]1C[C@H](CC(=O)N(CC(F)(F)F)C2CCC2)CCO1. The summed E-state index contributed by atoms with van der Waals surface area (Å²) in [7, 11) is 0. The van der Waals surface area contributed by atoms with E-state index < -0.39 is 12.7 Å². The Morgan fingerprint density at radius 3 is 2.45 bits per heavy atom. The monoisotopic (exact) mass is 321 g/mol. The van der Waals surface area contributed by atoms with Gasteiger partial charge in [0, 0.05) is 19.1 Å². The van der Waals surface area contributed by atoms with Gasteiger partial charge in [-0.05, 0) is 43.9 Å².